The number of likely N-dealkylation sites (tertiary alicyclic amines) is 1. The number of thioether (sulfide) groups is 1. The van der Waals surface area contributed by atoms with Crippen LogP contribution in [0.1, 0.15) is 40.5 Å². The first-order valence-electron chi connectivity index (χ1n) is 9.97. The first-order chi connectivity index (χ1) is 15.1. The van der Waals surface area contributed by atoms with Crippen molar-refractivity contribution in [3.05, 3.63) is 70.7 Å². The van der Waals surface area contributed by atoms with Crippen molar-refractivity contribution in [2.75, 3.05) is 12.3 Å². The Kier molecular flexibility index (Phi) is 6.70. The van der Waals surface area contributed by atoms with Gasteiger partial charge in [0, 0.05) is 24.1 Å². The second-order valence-electron chi connectivity index (χ2n) is 7.23. The van der Waals surface area contributed by atoms with Crippen LogP contribution in [-0.4, -0.2) is 44.3 Å². The lowest BCUT2D eigenvalue weighted by molar-refractivity contribution is -0.128. The summed E-state index contributed by atoms with van der Waals surface area (Å²) in [5, 5.41) is 20.1. The van der Waals surface area contributed by atoms with Crippen LogP contribution < -0.4 is 0 Å². The Labute approximate surface area is 188 Å². The molecule has 4 rings (SSSR count). The van der Waals surface area contributed by atoms with Crippen LogP contribution in [0.15, 0.2) is 58.3 Å². The monoisotopic (exact) mass is 454 g/mol. The van der Waals surface area contributed by atoms with E-state index in [-0.39, 0.29) is 24.2 Å². The molecule has 2 aromatic carbocycles. The average Bonchev–Trinajstić information content (AvgIpc) is 3.41. The van der Waals surface area contributed by atoms with E-state index in [0.29, 0.717) is 23.1 Å². The van der Waals surface area contributed by atoms with Gasteiger partial charge in [0.1, 0.15) is 0 Å². The van der Waals surface area contributed by atoms with Crippen molar-refractivity contribution in [2.24, 2.45) is 0 Å². The van der Waals surface area contributed by atoms with Crippen LogP contribution in [0.3, 0.4) is 0 Å². The molecule has 1 aromatic heterocycles. The lowest BCUT2D eigenvalue weighted by atomic mass is 9.97. The van der Waals surface area contributed by atoms with Gasteiger partial charge in [-0.2, -0.15) is 0 Å². The van der Waals surface area contributed by atoms with Crippen LogP contribution in [0.2, 0.25) is 0 Å². The zero-order valence-corrected chi connectivity index (χ0v) is 18.4. The van der Waals surface area contributed by atoms with Crippen molar-refractivity contribution in [3.8, 4) is 11.1 Å². The number of amides is 1. The van der Waals surface area contributed by atoms with Crippen LogP contribution in [0.25, 0.3) is 11.1 Å². The minimum Gasteiger partial charge on any atom is -0.476 e. The summed E-state index contributed by atoms with van der Waals surface area (Å²) in [6.07, 6.45) is 1.32. The second-order valence-corrected chi connectivity index (χ2v) is 9.43. The summed E-state index contributed by atoms with van der Waals surface area (Å²) < 4.78 is 0.701. The number of aliphatic hydroxyl groups is 1. The number of carboxylic acids is 1. The number of aromatic nitrogens is 1. The molecule has 160 valence electrons. The van der Waals surface area contributed by atoms with Crippen LogP contribution >= 0.6 is 23.1 Å². The molecular weight excluding hydrogens is 432 g/mol. The third-order valence-electron chi connectivity index (χ3n) is 5.38. The fourth-order valence-electron chi connectivity index (χ4n) is 3.84. The summed E-state index contributed by atoms with van der Waals surface area (Å²) in [5.74, 6) is -0.217. The van der Waals surface area contributed by atoms with Crippen LogP contribution in [0.5, 0.6) is 0 Å². The number of carbonyl (C=O) groups is 2. The number of carbonyl (C=O) groups excluding carboxylic acids is 1. The average molecular weight is 455 g/mol. The van der Waals surface area contributed by atoms with Crippen molar-refractivity contribution < 1.29 is 19.8 Å². The van der Waals surface area contributed by atoms with E-state index in [1.165, 1.54) is 28.5 Å². The Bertz CT molecular complexity index is 1080. The number of benzene rings is 2. The standard InChI is InChI=1S/C23H22N2O4S2/c26-13-17-3-1-2-4-18(17)15-5-7-16(8-6-15)20-9-10-21(27)25(20)11-12-30-23-24-19(14-31-23)22(28)29/h1-8,14,20,26H,9-13H2,(H,28,29). The molecule has 2 heterocycles. The molecule has 31 heavy (non-hydrogen) atoms. The first kappa shape index (κ1) is 21.5. The summed E-state index contributed by atoms with van der Waals surface area (Å²) in [7, 11) is 0. The fourth-order valence-corrected chi connectivity index (χ4v) is 5.65. The summed E-state index contributed by atoms with van der Waals surface area (Å²) in [6.45, 7) is 0.582. The maximum Gasteiger partial charge on any atom is 0.355 e. The van der Waals surface area contributed by atoms with Gasteiger partial charge in [0.25, 0.3) is 0 Å². The molecule has 0 saturated carbocycles. The molecule has 1 fully saturated rings. The Balaban J connectivity index is 1.43. The van der Waals surface area contributed by atoms with Crippen LogP contribution in [0.4, 0.5) is 0 Å². The maximum atomic E-state index is 12.5. The molecule has 3 aromatic rings. The van der Waals surface area contributed by atoms with E-state index in [9.17, 15) is 14.7 Å². The highest BCUT2D eigenvalue weighted by molar-refractivity contribution is 8.01. The Morgan fingerprint density at radius 1 is 1.19 bits per heavy atom. The zero-order valence-electron chi connectivity index (χ0n) is 16.7. The van der Waals surface area contributed by atoms with Crippen LogP contribution in [-0.2, 0) is 11.4 Å². The number of hydrogen-bond acceptors (Lipinski definition) is 6. The molecule has 8 heteroatoms. The highest BCUT2D eigenvalue weighted by Gasteiger charge is 2.31. The minimum atomic E-state index is -1.03. The van der Waals surface area contributed by atoms with Gasteiger partial charge in [0.05, 0.1) is 12.6 Å². The Morgan fingerprint density at radius 3 is 2.68 bits per heavy atom. The predicted octanol–water partition coefficient (Wildman–Crippen LogP) is 4.46. The van der Waals surface area contributed by atoms with Gasteiger partial charge >= 0.3 is 5.97 Å². The van der Waals surface area contributed by atoms with Crippen molar-refractivity contribution >= 4 is 35.0 Å². The molecule has 1 saturated heterocycles. The van der Waals surface area contributed by atoms with E-state index >= 15 is 0 Å². The number of thiazole rings is 1. The van der Waals surface area contributed by atoms with Crippen molar-refractivity contribution in [2.45, 2.75) is 29.8 Å². The van der Waals surface area contributed by atoms with Gasteiger partial charge in [-0.1, -0.05) is 60.3 Å². The molecule has 0 spiro atoms. The molecule has 1 aliphatic rings. The highest BCUT2D eigenvalue weighted by atomic mass is 32.2. The molecule has 2 N–H and O–H groups in total. The molecule has 1 unspecified atom stereocenters. The smallest absolute Gasteiger partial charge is 0.355 e. The highest BCUT2D eigenvalue weighted by Crippen LogP contribution is 2.35. The van der Waals surface area contributed by atoms with Gasteiger partial charge in [-0.05, 0) is 28.7 Å². The molecule has 0 radical (unpaired) electrons. The van der Waals surface area contributed by atoms with Gasteiger partial charge in [0.15, 0.2) is 10.0 Å². The Hall–Kier alpha value is -2.68. The topological polar surface area (TPSA) is 90.7 Å². The molecule has 6 nitrogen and oxygen atoms in total. The van der Waals surface area contributed by atoms with E-state index in [0.717, 1.165) is 28.7 Å². The van der Waals surface area contributed by atoms with Crippen molar-refractivity contribution in [3.63, 3.8) is 0 Å². The van der Waals surface area contributed by atoms with Gasteiger partial charge in [0.2, 0.25) is 5.91 Å². The summed E-state index contributed by atoms with van der Waals surface area (Å²) in [6, 6.07) is 16.0. The molecule has 1 aliphatic heterocycles. The van der Waals surface area contributed by atoms with Crippen LogP contribution in [0, 0.1) is 0 Å². The number of aliphatic hydroxyl groups excluding tert-OH is 1. The minimum absolute atomic E-state index is 0.00640. The summed E-state index contributed by atoms with van der Waals surface area (Å²) >= 11 is 2.79. The van der Waals surface area contributed by atoms with E-state index in [2.05, 4.69) is 17.1 Å². The quantitative estimate of drug-likeness (QED) is 0.489. The number of hydrogen-bond donors (Lipinski definition) is 2. The lowest BCUT2D eigenvalue weighted by Crippen LogP contribution is -2.29. The largest absolute Gasteiger partial charge is 0.476 e. The van der Waals surface area contributed by atoms with Gasteiger partial charge in [-0.25, -0.2) is 9.78 Å². The molecule has 1 atom stereocenters. The van der Waals surface area contributed by atoms with E-state index in [1.54, 1.807) is 0 Å². The molecule has 0 aliphatic carbocycles. The normalized spacial score (nSPS) is 16.1. The zero-order chi connectivity index (χ0) is 21.8. The van der Waals surface area contributed by atoms with Crippen molar-refractivity contribution in [1.29, 1.82) is 0 Å². The van der Waals surface area contributed by atoms with E-state index < -0.39 is 5.97 Å². The van der Waals surface area contributed by atoms with Gasteiger partial charge < -0.3 is 15.1 Å². The van der Waals surface area contributed by atoms with Gasteiger partial charge in [-0.15, -0.1) is 11.3 Å². The Morgan fingerprint density at radius 2 is 1.97 bits per heavy atom. The first-order valence-corrected chi connectivity index (χ1v) is 11.8. The van der Waals surface area contributed by atoms with Crippen molar-refractivity contribution in [1.82, 2.24) is 9.88 Å². The second kappa shape index (κ2) is 9.64. The molecule has 1 amide bonds. The van der Waals surface area contributed by atoms with Gasteiger partial charge in [-0.3, -0.25) is 4.79 Å². The number of carboxylic acid groups (broad SMARTS) is 1. The van der Waals surface area contributed by atoms with E-state index in [1.807, 2.05) is 41.3 Å². The molecule has 0 bridgehead atoms. The number of nitrogens with zero attached hydrogens (tertiary/aromatic N) is 2. The number of rotatable bonds is 8. The summed E-state index contributed by atoms with van der Waals surface area (Å²) in [4.78, 5) is 29.4. The third-order valence-corrected chi connectivity index (χ3v) is 7.38. The maximum absolute atomic E-state index is 12.5. The SMILES string of the molecule is O=C(O)c1csc(SCCN2C(=O)CCC2c2ccc(-c3ccccc3CO)cc2)n1. The third kappa shape index (κ3) is 4.81. The number of aromatic carboxylic acids is 1. The fraction of sp³-hybridized carbons (Fsp3) is 0.261. The molecular formula is C23H22N2O4S2. The lowest BCUT2D eigenvalue weighted by Gasteiger charge is -2.25. The van der Waals surface area contributed by atoms with E-state index in [4.69, 9.17) is 5.11 Å². The summed E-state index contributed by atoms with van der Waals surface area (Å²) in [5.41, 5.74) is 4.10. The predicted molar refractivity (Wildman–Crippen MR) is 121 cm³/mol.